The summed E-state index contributed by atoms with van der Waals surface area (Å²) in [7, 11) is 0. The summed E-state index contributed by atoms with van der Waals surface area (Å²) in [5, 5.41) is 22.7. The SMILES string of the molecule is CCC[C@H](NC(=O)[C@@H]1[C@H]2CCC[C@H]2CN1C(=O)[C@H](NC(=O)[C@@H](NC(O)c1cnccn1)C1CCCCC1)C(C)(C)C)C(=O)C(=O)NC1CC1. The quantitative estimate of drug-likeness (QED) is 0.145. The Balaban J connectivity index is 1.35. The lowest BCUT2D eigenvalue weighted by molar-refractivity contribution is -0.146. The molecule has 1 aromatic rings. The fraction of sp³-hybridized carbons (Fsp3) is 0.750. The number of nitrogens with one attached hydrogen (secondary N) is 4. The van der Waals surface area contributed by atoms with Gasteiger partial charge in [-0.25, -0.2) is 0 Å². The van der Waals surface area contributed by atoms with E-state index in [2.05, 4.69) is 31.2 Å². The van der Waals surface area contributed by atoms with Crippen molar-refractivity contribution < 1.29 is 29.1 Å². The minimum Gasteiger partial charge on any atom is -0.373 e. The van der Waals surface area contributed by atoms with Crippen LogP contribution in [0.25, 0.3) is 0 Å². The van der Waals surface area contributed by atoms with Gasteiger partial charge in [-0.15, -0.1) is 0 Å². The van der Waals surface area contributed by atoms with E-state index in [4.69, 9.17) is 0 Å². The van der Waals surface area contributed by atoms with Crippen molar-refractivity contribution in [3.05, 3.63) is 24.3 Å². The normalized spacial score (nSPS) is 25.1. The van der Waals surface area contributed by atoms with E-state index in [0.717, 1.165) is 64.2 Å². The summed E-state index contributed by atoms with van der Waals surface area (Å²) in [5.41, 5.74) is -0.421. The minimum absolute atomic E-state index is 0.0179. The molecule has 1 saturated heterocycles. The number of nitrogens with zero attached hydrogens (tertiary/aromatic N) is 3. The zero-order valence-corrected chi connectivity index (χ0v) is 29.5. The lowest BCUT2D eigenvalue weighted by Gasteiger charge is -2.38. The largest absolute Gasteiger partial charge is 0.373 e. The van der Waals surface area contributed by atoms with Gasteiger partial charge in [0.25, 0.3) is 5.91 Å². The number of aromatic nitrogens is 2. The fourth-order valence-electron chi connectivity index (χ4n) is 7.97. The van der Waals surface area contributed by atoms with E-state index < -0.39 is 59.3 Å². The van der Waals surface area contributed by atoms with Crippen LogP contribution in [0.5, 0.6) is 0 Å². The van der Waals surface area contributed by atoms with Crippen molar-refractivity contribution in [2.75, 3.05) is 6.54 Å². The Hall–Kier alpha value is -3.45. The number of rotatable bonds is 14. The fourth-order valence-corrected chi connectivity index (χ4v) is 7.97. The molecule has 5 N–H and O–H groups in total. The lowest BCUT2D eigenvalue weighted by Crippen LogP contribution is -2.62. The molecule has 1 aliphatic heterocycles. The second kappa shape index (κ2) is 16.1. The molecule has 49 heavy (non-hydrogen) atoms. The Morgan fingerprint density at radius 2 is 1.69 bits per heavy atom. The molecule has 4 fully saturated rings. The number of hydrogen-bond donors (Lipinski definition) is 5. The van der Waals surface area contributed by atoms with Crippen molar-refractivity contribution in [1.82, 2.24) is 36.1 Å². The van der Waals surface area contributed by atoms with Crippen LogP contribution in [0.4, 0.5) is 0 Å². The molecule has 4 amide bonds. The van der Waals surface area contributed by atoms with Gasteiger partial charge in [-0.3, -0.25) is 39.3 Å². The van der Waals surface area contributed by atoms with Crippen molar-refractivity contribution in [2.24, 2.45) is 23.2 Å². The molecule has 13 nitrogen and oxygen atoms in total. The average Bonchev–Trinajstić information content (AvgIpc) is 3.65. The summed E-state index contributed by atoms with van der Waals surface area (Å²) in [5.74, 6) is -2.50. The third-order valence-electron chi connectivity index (χ3n) is 10.8. The number of amides is 4. The summed E-state index contributed by atoms with van der Waals surface area (Å²) in [6, 6.07) is -3.52. The molecule has 0 aromatic carbocycles. The number of hydrogen-bond acceptors (Lipinski definition) is 9. The van der Waals surface area contributed by atoms with Gasteiger partial charge in [0.05, 0.1) is 18.3 Å². The standard InChI is InChI=1S/C36H55N7O6/c1-5-10-25(29(44)34(48)39-23-15-16-23)40-33(47)28-24-14-9-13-22(24)20-43(28)35(49)30(36(2,3)4)42-32(46)27(21-11-7-6-8-12-21)41-31(45)26-19-37-17-18-38-26/h17-19,21-25,27-28,30-31,41,45H,5-16,20H2,1-4H3,(H,39,48)(H,40,47)(H,42,46)/t22-,24-,25-,27-,28-,30-,31?/m0/s1. The Labute approximate surface area is 289 Å². The molecule has 5 rings (SSSR count). The van der Waals surface area contributed by atoms with Crippen LogP contribution < -0.4 is 21.3 Å². The molecular formula is C36H55N7O6. The summed E-state index contributed by atoms with van der Waals surface area (Å²) in [6.07, 6.45) is 13.0. The predicted molar refractivity (Wildman–Crippen MR) is 181 cm³/mol. The van der Waals surface area contributed by atoms with Crippen molar-refractivity contribution >= 4 is 29.4 Å². The van der Waals surface area contributed by atoms with E-state index in [1.54, 1.807) is 4.90 Å². The van der Waals surface area contributed by atoms with E-state index in [9.17, 15) is 29.1 Å². The number of carbonyl (C=O) groups is 5. The Bertz CT molecular complexity index is 1340. The van der Waals surface area contributed by atoms with E-state index in [1.807, 2.05) is 27.7 Å². The van der Waals surface area contributed by atoms with Gasteiger partial charge in [0.2, 0.25) is 23.5 Å². The highest BCUT2D eigenvalue weighted by molar-refractivity contribution is 6.38. The monoisotopic (exact) mass is 681 g/mol. The first-order valence-electron chi connectivity index (χ1n) is 18.3. The maximum Gasteiger partial charge on any atom is 0.289 e. The van der Waals surface area contributed by atoms with Crippen LogP contribution in [0.1, 0.15) is 117 Å². The molecule has 7 atom stereocenters. The van der Waals surface area contributed by atoms with Gasteiger partial charge in [-0.1, -0.05) is 59.8 Å². The molecule has 2 heterocycles. The molecule has 4 aliphatic rings. The Morgan fingerprint density at radius 3 is 2.33 bits per heavy atom. The van der Waals surface area contributed by atoms with Gasteiger partial charge in [-0.05, 0) is 68.1 Å². The molecule has 0 bridgehead atoms. The van der Waals surface area contributed by atoms with E-state index >= 15 is 0 Å². The van der Waals surface area contributed by atoms with Crippen LogP contribution in [0, 0.1) is 23.2 Å². The molecular weight excluding hydrogens is 626 g/mol. The maximum atomic E-state index is 14.6. The second-order valence-corrected chi connectivity index (χ2v) is 15.6. The molecule has 13 heteroatoms. The minimum atomic E-state index is -1.23. The summed E-state index contributed by atoms with van der Waals surface area (Å²) >= 11 is 0. The number of ketones is 1. The Morgan fingerprint density at radius 1 is 0.959 bits per heavy atom. The third kappa shape index (κ3) is 9.02. The number of carbonyl (C=O) groups excluding carboxylic acids is 5. The molecule has 0 spiro atoms. The summed E-state index contributed by atoms with van der Waals surface area (Å²) in [4.78, 5) is 78.5. The van der Waals surface area contributed by atoms with Gasteiger partial charge >= 0.3 is 0 Å². The van der Waals surface area contributed by atoms with Crippen molar-refractivity contribution in [3.63, 3.8) is 0 Å². The second-order valence-electron chi connectivity index (χ2n) is 15.6. The highest BCUT2D eigenvalue weighted by Gasteiger charge is 2.52. The van der Waals surface area contributed by atoms with Crippen LogP contribution in [0.15, 0.2) is 18.6 Å². The van der Waals surface area contributed by atoms with Crippen LogP contribution in [0.3, 0.4) is 0 Å². The molecule has 3 saturated carbocycles. The van der Waals surface area contributed by atoms with Crippen LogP contribution in [-0.4, -0.2) is 86.1 Å². The molecule has 1 unspecified atom stereocenters. The smallest absolute Gasteiger partial charge is 0.289 e. The first-order chi connectivity index (χ1) is 23.4. The lowest BCUT2D eigenvalue weighted by atomic mass is 9.82. The highest BCUT2D eigenvalue weighted by Crippen LogP contribution is 2.43. The zero-order chi connectivity index (χ0) is 35.3. The van der Waals surface area contributed by atoms with Crippen LogP contribution in [-0.2, 0) is 24.0 Å². The van der Waals surface area contributed by atoms with Gasteiger partial charge in [-0.2, -0.15) is 0 Å². The van der Waals surface area contributed by atoms with Gasteiger partial charge in [0.1, 0.15) is 24.0 Å². The number of Topliss-reactive ketones (excluding diaryl/α,β-unsaturated/α-hetero) is 1. The summed E-state index contributed by atoms with van der Waals surface area (Å²) in [6.45, 7) is 7.92. The van der Waals surface area contributed by atoms with E-state index in [-0.39, 0.29) is 29.7 Å². The van der Waals surface area contributed by atoms with Crippen molar-refractivity contribution in [3.8, 4) is 0 Å². The number of likely N-dealkylation sites (tertiary alicyclic amines) is 1. The number of aliphatic hydroxyl groups excluding tert-OH is 1. The predicted octanol–water partition coefficient (Wildman–Crippen LogP) is 2.30. The molecule has 3 aliphatic carbocycles. The number of fused-ring (bicyclic) bond motifs is 1. The third-order valence-corrected chi connectivity index (χ3v) is 10.8. The van der Waals surface area contributed by atoms with E-state index in [0.29, 0.717) is 25.1 Å². The van der Waals surface area contributed by atoms with Crippen molar-refractivity contribution in [1.29, 1.82) is 0 Å². The van der Waals surface area contributed by atoms with Crippen LogP contribution in [0.2, 0.25) is 0 Å². The first-order valence-corrected chi connectivity index (χ1v) is 18.3. The van der Waals surface area contributed by atoms with Gasteiger partial charge in [0.15, 0.2) is 0 Å². The van der Waals surface area contributed by atoms with Gasteiger partial charge < -0.3 is 26.0 Å². The molecule has 1 aromatic heterocycles. The number of aliphatic hydroxyl groups is 1. The van der Waals surface area contributed by atoms with Gasteiger partial charge in [0, 0.05) is 25.0 Å². The first kappa shape index (κ1) is 36.8. The highest BCUT2D eigenvalue weighted by atomic mass is 16.3. The molecule has 270 valence electrons. The topological polar surface area (TPSA) is 183 Å². The molecule has 0 radical (unpaired) electrons. The van der Waals surface area contributed by atoms with Crippen molar-refractivity contribution in [2.45, 2.75) is 141 Å². The summed E-state index contributed by atoms with van der Waals surface area (Å²) < 4.78 is 0. The van der Waals surface area contributed by atoms with E-state index in [1.165, 1.54) is 18.6 Å². The Kier molecular flexibility index (Phi) is 12.1. The zero-order valence-electron chi connectivity index (χ0n) is 29.5. The average molecular weight is 682 g/mol. The van der Waals surface area contributed by atoms with Crippen LogP contribution >= 0.6 is 0 Å². The maximum absolute atomic E-state index is 14.6.